The molecule has 2 fully saturated rings. The number of rotatable bonds is 10. The highest BCUT2D eigenvalue weighted by atomic mass is 16.5. The van der Waals surface area contributed by atoms with Gasteiger partial charge < -0.3 is 24.1 Å². The predicted molar refractivity (Wildman–Crippen MR) is 160 cm³/mol. The van der Waals surface area contributed by atoms with Crippen molar-refractivity contribution in [2.24, 2.45) is 0 Å². The first-order chi connectivity index (χ1) is 19.4. The van der Waals surface area contributed by atoms with E-state index in [-0.39, 0.29) is 12.1 Å². The van der Waals surface area contributed by atoms with Crippen LogP contribution in [-0.2, 0) is 24.2 Å². The number of hydrogen-bond acceptors (Lipinski definition) is 7. The van der Waals surface area contributed by atoms with E-state index in [9.17, 15) is 9.90 Å². The van der Waals surface area contributed by atoms with Gasteiger partial charge in [-0.25, -0.2) is 0 Å². The lowest BCUT2D eigenvalue weighted by Gasteiger charge is -2.37. The molecule has 3 N–H and O–H groups in total. The van der Waals surface area contributed by atoms with Gasteiger partial charge in [0.15, 0.2) is 0 Å². The quantitative estimate of drug-likeness (QED) is 0.303. The molecule has 5 rings (SSSR count). The largest absolute Gasteiger partial charge is 0.460 e. The molecule has 1 atom stereocenters. The fourth-order valence-electron chi connectivity index (χ4n) is 6.67. The first-order valence-corrected chi connectivity index (χ1v) is 15.1. The van der Waals surface area contributed by atoms with Crippen molar-refractivity contribution in [2.45, 2.75) is 91.6 Å². The summed E-state index contributed by atoms with van der Waals surface area (Å²) in [6, 6.07) is 6.67. The molecule has 0 radical (unpaired) electrons. The van der Waals surface area contributed by atoms with E-state index in [4.69, 9.17) is 9.15 Å². The highest BCUT2D eigenvalue weighted by Gasteiger charge is 2.28. The average Bonchev–Trinajstić information content (AvgIpc) is 3.34. The van der Waals surface area contributed by atoms with E-state index in [2.05, 4.69) is 46.1 Å². The first-order valence-electron chi connectivity index (χ1n) is 15.1. The third-order valence-corrected chi connectivity index (χ3v) is 8.71. The maximum absolute atomic E-state index is 12.7. The van der Waals surface area contributed by atoms with Crippen LogP contribution in [0, 0.1) is 13.8 Å². The first kappa shape index (κ1) is 28.9. The summed E-state index contributed by atoms with van der Waals surface area (Å²) in [6.07, 6.45) is 5.54. The minimum atomic E-state index is -0.952. The lowest BCUT2D eigenvalue weighted by molar-refractivity contribution is 0.0846. The molecule has 1 aromatic carbocycles. The van der Waals surface area contributed by atoms with Gasteiger partial charge in [0.2, 0.25) is 0 Å². The van der Waals surface area contributed by atoms with Gasteiger partial charge in [-0.2, -0.15) is 0 Å². The second kappa shape index (κ2) is 12.9. The number of H-pyrrole nitrogens is 1. The van der Waals surface area contributed by atoms with Gasteiger partial charge in [-0.1, -0.05) is 13.3 Å². The zero-order valence-corrected chi connectivity index (χ0v) is 24.6. The van der Waals surface area contributed by atoms with E-state index in [1.54, 1.807) is 0 Å². The fourth-order valence-corrected chi connectivity index (χ4v) is 6.67. The lowest BCUT2D eigenvalue weighted by Crippen LogP contribution is -2.40. The Kier molecular flexibility index (Phi) is 9.31. The molecule has 3 aromatic rings. The van der Waals surface area contributed by atoms with Crippen molar-refractivity contribution >= 4 is 16.7 Å². The zero-order chi connectivity index (χ0) is 28.2. The Labute approximate surface area is 237 Å². The maximum Gasteiger partial charge on any atom is 0.252 e. The van der Waals surface area contributed by atoms with Crippen LogP contribution in [0.15, 0.2) is 27.4 Å². The molecule has 0 spiro atoms. The number of aliphatic hydroxyl groups is 1. The minimum Gasteiger partial charge on any atom is -0.460 e. The Morgan fingerprint density at radius 1 is 1.10 bits per heavy atom. The van der Waals surface area contributed by atoms with Gasteiger partial charge >= 0.3 is 0 Å². The predicted octanol–water partition coefficient (Wildman–Crippen LogP) is 5.07. The second-order valence-electron chi connectivity index (χ2n) is 11.5. The number of hydrogen-bond donors (Lipinski definition) is 3. The lowest BCUT2D eigenvalue weighted by atomic mass is 9.94. The molecule has 2 aliphatic rings. The van der Waals surface area contributed by atoms with Crippen LogP contribution >= 0.6 is 0 Å². The number of likely N-dealkylation sites (tertiary alicyclic amines) is 1. The SMILES string of the molecule is CCc1c(N(CC)C2CCOCC2)cc2oc(CN3CCCCC3)cc2c1C(O)NCc1c(C)cc(C)[nH]c1=O. The number of furan rings is 1. The molecule has 218 valence electrons. The van der Waals surface area contributed by atoms with E-state index in [0.29, 0.717) is 11.6 Å². The van der Waals surface area contributed by atoms with Crippen molar-refractivity contribution < 1.29 is 14.3 Å². The Hall–Kier alpha value is -2.65. The summed E-state index contributed by atoms with van der Waals surface area (Å²) in [4.78, 5) is 20.5. The minimum absolute atomic E-state index is 0.115. The number of aromatic nitrogens is 1. The van der Waals surface area contributed by atoms with Crippen LogP contribution in [0.1, 0.15) is 85.9 Å². The van der Waals surface area contributed by atoms with E-state index in [1.807, 2.05) is 19.9 Å². The number of benzene rings is 1. The van der Waals surface area contributed by atoms with Crippen molar-refractivity contribution in [3.8, 4) is 0 Å². The Morgan fingerprint density at radius 3 is 2.52 bits per heavy atom. The van der Waals surface area contributed by atoms with E-state index in [1.165, 1.54) is 19.3 Å². The maximum atomic E-state index is 12.7. The molecule has 4 heterocycles. The standard InChI is InChI=1S/C32H46N4O4/c1-5-25-28(36(6-2)23-10-14-39-15-11-23)18-29-26(17-24(40-29)20-35-12-8-7-9-13-35)30(25)32(38)33-19-27-21(3)16-22(4)34-31(27)37/h16-18,23,32-33,38H,5-15,19-20H2,1-4H3,(H,34,37). The number of fused-ring (bicyclic) bond motifs is 1. The molecule has 2 aliphatic heterocycles. The molecule has 0 amide bonds. The molecule has 8 nitrogen and oxygen atoms in total. The summed E-state index contributed by atoms with van der Waals surface area (Å²) in [5.74, 6) is 0.935. The summed E-state index contributed by atoms with van der Waals surface area (Å²) in [6.45, 7) is 13.8. The van der Waals surface area contributed by atoms with Crippen LogP contribution in [0.25, 0.3) is 11.0 Å². The topological polar surface area (TPSA) is 94.0 Å². The molecule has 0 aliphatic carbocycles. The molecular weight excluding hydrogens is 504 g/mol. The molecule has 1 unspecified atom stereocenters. The third kappa shape index (κ3) is 6.15. The van der Waals surface area contributed by atoms with Gasteiger partial charge in [-0.15, -0.1) is 0 Å². The summed E-state index contributed by atoms with van der Waals surface area (Å²) in [5.41, 5.74) is 6.20. The van der Waals surface area contributed by atoms with Crippen LogP contribution < -0.4 is 15.8 Å². The van der Waals surface area contributed by atoms with E-state index in [0.717, 1.165) is 103 Å². The molecule has 2 saturated heterocycles. The summed E-state index contributed by atoms with van der Waals surface area (Å²) < 4.78 is 12.2. The Balaban J connectivity index is 1.55. The highest BCUT2D eigenvalue weighted by molar-refractivity contribution is 5.88. The number of aryl methyl sites for hydroxylation is 2. The van der Waals surface area contributed by atoms with Crippen molar-refractivity contribution in [2.75, 3.05) is 37.7 Å². The van der Waals surface area contributed by atoms with Crippen molar-refractivity contribution in [3.05, 3.63) is 62.3 Å². The number of aromatic amines is 1. The second-order valence-corrected chi connectivity index (χ2v) is 11.5. The molecular formula is C32H46N4O4. The Bertz CT molecular complexity index is 1350. The van der Waals surface area contributed by atoms with Crippen LogP contribution in [0.5, 0.6) is 0 Å². The smallest absolute Gasteiger partial charge is 0.252 e. The Morgan fingerprint density at radius 2 is 1.85 bits per heavy atom. The molecule has 0 bridgehead atoms. The van der Waals surface area contributed by atoms with Crippen LogP contribution in [-0.4, -0.2) is 53.9 Å². The van der Waals surface area contributed by atoms with E-state index >= 15 is 0 Å². The number of anilines is 1. The molecule has 8 heteroatoms. The number of nitrogens with zero attached hydrogens (tertiary/aromatic N) is 2. The summed E-state index contributed by atoms with van der Waals surface area (Å²) >= 11 is 0. The fraction of sp³-hybridized carbons (Fsp3) is 0.594. The van der Waals surface area contributed by atoms with Crippen LogP contribution in [0.2, 0.25) is 0 Å². The summed E-state index contributed by atoms with van der Waals surface area (Å²) in [5, 5.41) is 16.0. The van der Waals surface area contributed by atoms with Gasteiger partial charge in [-0.3, -0.25) is 15.0 Å². The number of piperidine rings is 1. The van der Waals surface area contributed by atoms with Gasteiger partial charge in [-0.05, 0) is 89.2 Å². The number of pyridine rings is 1. The average molecular weight is 551 g/mol. The molecule has 40 heavy (non-hydrogen) atoms. The highest BCUT2D eigenvalue weighted by Crippen LogP contribution is 2.39. The van der Waals surface area contributed by atoms with Gasteiger partial charge in [0.05, 0.1) is 6.54 Å². The number of ether oxygens (including phenoxy) is 1. The molecule has 2 aromatic heterocycles. The van der Waals surface area contributed by atoms with Gasteiger partial charge in [0.1, 0.15) is 17.6 Å². The normalized spacial score (nSPS) is 17.9. The van der Waals surface area contributed by atoms with Crippen molar-refractivity contribution in [1.82, 2.24) is 15.2 Å². The van der Waals surface area contributed by atoms with Gasteiger partial charge in [0.25, 0.3) is 5.56 Å². The zero-order valence-electron chi connectivity index (χ0n) is 24.6. The third-order valence-electron chi connectivity index (χ3n) is 8.71. The number of nitrogens with one attached hydrogen (secondary N) is 2. The van der Waals surface area contributed by atoms with Crippen LogP contribution in [0.3, 0.4) is 0 Å². The monoisotopic (exact) mass is 550 g/mol. The summed E-state index contributed by atoms with van der Waals surface area (Å²) in [7, 11) is 0. The molecule has 0 saturated carbocycles. The van der Waals surface area contributed by atoms with Crippen molar-refractivity contribution in [3.63, 3.8) is 0 Å². The van der Waals surface area contributed by atoms with Gasteiger partial charge in [0, 0.05) is 66.3 Å². The van der Waals surface area contributed by atoms with Crippen LogP contribution in [0.4, 0.5) is 5.69 Å². The van der Waals surface area contributed by atoms with E-state index < -0.39 is 6.23 Å². The van der Waals surface area contributed by atoms with Crippen molar-refractivity contribution in [1.29, 1.82) is 0 Å². The number of aliphatic hydroxyl groups excluding tert-OH is 1.